The van der Waals surface area contributed by atoms with Gasteiger partial charge in [0, 0.05) is 0 Å². The molecule has 2 saturated heterocycles. The minimum absolute atomic E-state index is 0.0697. The number of aliphatic hydroxyl groups is 2. The fourth-order valence-corrected chi connectivity index (χ4v) is 2.58. The first-order chi connectivity index (χ1) is 9.54. The third kappa shape index (κ3) is 1.77. The van der Waals surface area contributed by atoms with Gasteiger partial charge in [-0.25, -0.2) is 9.97 Å². The van der Waals surface area contributed by atoms with Crippen LogP contribution in [0.2, 0.25) is 0 Å². The smallest absolute Gasteiger partial charge is 0.267 e. The average molecular weight is 299 g/mol. The Morgan fingerprint density at radius 3 is 2.85 bits per heavy atom. The van der Waals surface area contributed by atoms with Gasteiger partial charge in [-0.1, -0.05) is 0 Å². The molecule has 0 amide bonds. The minimum Gasteiger partial charge on any atom is -0.460 e. The molecule has 3 rings (SSSR count). The summed E-state index contributed by atoms with van der Waals surface area (Å²) in [5.74, 6) is 0.360. The van der Waals surface area contributed by atoms with Gasteiger partial charge < -0.3 is 31.2 Å². The van der Waals surface area contributed by atoms with Gasteiger partial charge in [0.15, 0.2) is 24.0 Å². The number of nitrogens with zero attached hydrogens (tertiary/aromatic N) is 3. The van der Waals surface area contributed by atoms with Crippen LogP contribution >= 0.6 is 12.2 Å². The van der Waals surface area contributed by atoms with Gasteiger partial charge in [0.2, 0.25) is 0 Å². The monoisotopic (exact) mass is 299 g/mol. The maximum absolute atomic E-state index is 9.98. The summed E-state index contributed by atoms with van der Waals surface area (Å²) in [5.41, 5.74) is 11.6. The number of nitrogens with two attached hydrogens (primary N) is 2. The van der Waals surface area contributed by atoms with E-state index < -0.39 is 24.5 Å². The highest BCUT2D eigenvalue weighted by atomic mass is 32.1. The Morgan fingerprint density at radius 1 is 1.40 bits per heavy atom. The standard InChI is InChI=1S/C10H13N5O4S/c11-4-7(12)13-2-14-8(4)15-9-6(19-10(15)20)5(17)3(1-16)18-9/h2-3,5-6,9,16-17H,1,11H2,(H2,12,13,14). The number of aromatic nitrogens is 2. The van der Waals surface area contributed by atoms with Crippen LogP contribution < -0.4 is 16.4 Å². The van der Waals surface area contributed by atoms with Gasteiger partial charge in [-0.05, 0) is 12.2 Å². The van der Waals surface area contributed by atoms with Crippen molar-refractivity contribution in [3.63, 3.8) is 0 Å². The molecule has 0 radical (unpaired) electrons. The van der Waals surface area contributed by atoms with Gasteiger partial charge >= 0.3 is 0 Å². The van der Waals surface area contributed by atoms with Crippen LogP contribution in [0.4, 0.5) is 17.3 Å². The third-order valence-electron chi connectivity index (χ3n) is 3.30. The number of hydrogen-bond acceptors (Lipinski definition) is 9. The maximum atomic E-state index is 9.98. The van der Waals surface area contributed by atoms with Crippen LogP contribution in [0.25, 0.3) is 0 Å². The summed E-state index contributed by atoms with van der Waals surface area (Å²) >= 11 is 5.10. The van der Waals surface area contributed by atoms with Gasteiger partial charge in [-0.15, -0.1) is 0 Å². The van der Waals surface area contributed by atoms with Crippen LogP contribution in [0.1, 0.15) is 0 Å². The van der Waals surface area contributed by atoms with Gasteiger partial charge in [0.05, 0.1) is 6.61 Å². The Kier molecular flexibility index (Phi) is 3.09. The predicted molar refractivity (Wildman–Crippen MR) is 72.6 cm³/mol. The number of aliphatic hydroxyl groups excluding tert-OH is 2. The molecule has 3 heterocycles. The Balaban J connectivity index is 1.98. The van der Waals surface area contributed by atoms with Crippen molar-refractivity contribution in [2.75, 3.05) is 23.0 Å². The molecule has 0 aromatic carbocycles. The molecule has 10 heteroatoms. The van der Waals surface area contributed by atoms with Crippen molar-refractivity contribution in [3.8, 4) is 0 Å². The minimum atomic E-state index is -0.992. The fourth-order valence-electron chi connectivity index (χ4n) is 2.28. The molecule has 0 saturated carbocycles. The highest BCUT2D eigenvalue weighted by molar-refractivity contribution is 7.80. The molecular weight excluding hydrogens is 286 g/mol. The number of rotatable bonds is 2. The molecule has 0 aliphatic carbocycles. The zero-order chi connectivity index (χ0) is 14.4. The third-order valence-corrected chi connectivity index (χ3v) is 3.60. The van der Waals surface area contributed by atoms with E-state index in [2.05, 4.69) is 9.97 Å². The molecule has 4 atom stereocenters. The van der Waals surface area contributed by atoms with Crippen LogP contribution in [0, 0.1) is 0 Å². The maximum Gasteiger partial charge on any atom is 0.267 e. The molecule has 9 nitrogen and oxygen atoms in total. The van der Waals surface area contributed by atoms with Crippen molar-refractivity contribution < 1.29 is 19.7 Å². The fraction of sp³-hybridized carbons (Fsp3) is 0.500. The van der Waals surface area contributed by atoms with Gasteiger partial charge in [-0.2, -0.15) is 0 Å². The molecule has 2 aliphatic rings. The molecular formula is C10H13N5O4S. The van der Waals surface area contributed by atoms with E-state index in [9.17, 15) is 5.11 Å². The Labute approximate surface area is 119 Å². The molecule has 6 N–H and O–H groups in total. The lowest BCUT2D eigenvalue weighted by atomic mass is 10.1. The molecule has 4 unspecified atom stereocenters. The first-order valence-corrected chi connectivity index (χ1v) is 6.25. The number of anilines is 3. The van der Waals surface area contributed by atoms with Crippen LogP contribution in [0.3, 0.4) is 0 Å². The molecule has 20 heavy (non-hydrogen) atoms. The second-order valence-electron chi connectivity index (χ2n) is 4.45. The topological polar surface area (TPSA) is 140 Å². The second-order valence-corrected chi connectivity index (χ2v) is 4.80. The molecule has 2 aliphatic heterocycles. The summed E-state index contributed by atoms with van der Waals surface area (Å²) in [5, 5.41) is 19.2. The van der Waals surface area contributed by atoms with Crippen molar-refractivity contribution in [1.82, 2.24) is 9.97 Å². The lowest BCUT2D eigenvalue weighted by Gasteiger charge is -2.22. The van der Waals surface area contributed by atoms with Gasteiger partial charge in [-0.3, -0.25) is 4.90 Å². The highest BCUT2D eigenvalue weighted by Gasteiger charge is 2.54. The predicted octanol–water partition coefficient (Wildman–Crippen LogP) is -1.79. The zero-order valence-corrected chi connectivity index (χ0v) is 11.0. The van der Waals surface area contributed by atoms with E-state index >= 15 is 0 Å². The lowest BCUT2D eigenvalue weighted by molar-refractivity contribution is -0.0212. The first-order valence-electron chi connectivity index (χ1n) is 5.84. The molecule has 1 aromatic rings. The van der Waals surface area contributed by atoms with Crippen molar-refractivity contribution in [1.29, 1.82) is 0 Å². The zero-order valence-electron chi connectivity index (χ0n) is 10.2. The van der Waals surface area contributed by atoms with Crippen LogP contribution in [-0.2, 0) is 9.47 Å². The molecule has 2 fully saturated rings. The molecule has 1 aromatic heterocycles. The van der Waals surface area contributed by atoms with Crippen LogP contribution in [0.5, 0.6) is 0 Å². The number of nitrogen functional groups attached to an aromatic ring is 2. The molecule has 0 spiro atoms. The summed E-state index contributed by atoms with van der Waals surface area (Å²) in [6, 6.07) is 0. The Bertz CT molecular complexity index is 558. The van der Waals surface area contributed by atoms with E-state index in [1.807, 2.05) is 0 Å². The lowest BCUT2D eigenvalue weighted by Crippen LogP contribution is -2.37. The highest BCUT2D eigenvalue weighted by Crippen LogP contribution is 2.37. The SMILES string of the molecule is Nc1ncnc(N2C(=S)OC3C(O)C(CO)OC32)c1N. The molecule has 108 valence electrons. The van der Waals surface area contributed by atoms with E-state index in [1.54, 1.807) is 0 Å². The van der Waals surface area contributed by atoms with Crippen LogP contribution in [0.15, 0.2) is 6.33 Å². The van der Waals surface area contributed by atoms with Gasteiger partial charge in [0.1, 0.15) is 24.2 Å². The van der Waals surface area contributed by atoms with Crippen molar-refractivity contribution in [2.24, 2.45) is 0 Å². The van der Waals surface area contributed by atoms with Gasteiger partial charge in [0.25, 0.3) is 5.17 Å². The van der Waals surface area contributed by atoms with Crippen molar-refractivity contribution >= 4 is 34.7 Å². The average Bonchev–Trinajstić information content (AvgIpc) is 2.90. The number of ether oxygens (including phenoxy) is 2. The summed E-state index contributed by atoms with van der Waals surface area (Å²) in [6.07, 6.45) is -1.93. The Morgan fingerprint density at radius 2 is 2.15 bits per heavy atom. The van der Waals surface area contributed by atoms with E-state index in [0.717, 1.165) is 0 Å². The number of thiocarbonyl (C=S) groups is 1. The van der Waals surface area contributed by atoms with Crippen molar-refractivity contribution in [2.45, 2.75) is 24.5 Å². The Hall–Kier alpha value is -1.75. The summed E-state index contributed by atoms with van der Waals surface area (Å²) in [7, 11) is 0. The van der Waals surface area contributed by atoms with Crippen LogP contribution in [-0.4, -0.2) is 56.5 Å². The van der Waals surface area contributed by atoms with E-state index in [4.69, 9.17) is 38.3 Å². The number of fused-ring (bicyclic) bond motifs is 1. The van der Waals surface area contributed by atoms with E-state index in [1.165, 1.54) is 11.2 Å². The number of hydrogen-bond donors (Lipinski definition) is 4. The summed E-state index contributed by atoms with van der Waals surface area (Å²) < 4.78 is 10.9. The largest absolute Gasteiger partial charge is 0.460 e. The van der Waals surface area contributed by atoms with E-state index in [-0.39, 0.29) is 29.1 Å². The summed E-state index contributed by atoms with van der Waals surface area (Å²) in [6.45, 7) is -0.334. The summed E-state index contributed by atoms with van der Waals surface area (Å²) in [4.78, 5) is 9.22. The first kappa shape index (κ1) is 13.2. The molecule has 0 bridgehead atoms. The van der Waals surface area contributed by atoms with E-state index in [0.29, 0.717) is 0 Å². The second kappa shape index (κ2) is 4.66. The van der Waals surface area contributed by atoms with Crippen molar-refractivity contribution in [3.05, 3.63) is 6.33 Å². The quantitative estimate of drug-likeness (QED) is 0.463. The normalized spacial score (nSPS) is 32.3.